The fourth-order valence-corrected chi connectivity index (χ4v) is 3.10. The van der Waals surface area contributed by atoms with Crippen LogP contribution in [0.15, 0.2) is 60.7 Å². The van der Waals surface area contributed by atoms with E-state index in [1.165, 1.54) is 0 Å². The third kappa shape index (κ3) is 3.02. The average molecular weight is 279 g/mol. The van der Waals surface area contributed by atoms with E-state index in [-0.39, 0.29) is 23.7 Å². The van der Waals surface area contributed by atoms with Crippen LogP contribution in [0.3, 0.4) is 0 Å². The number of rotatable bonds is 3. The lowest BCUT2D eigenvalue weighted by Crippen LogP contribution is -2.40. The van der Waals surface area contributed by atoms with Crippen LogP contribution >= 0.6 is 0 Å². The summed E-state index contributed by atoms with van der Waals surface area (Å²) in [4.78, 5) is 23.4. The fourth-order valence-electron chi connectivity index (χ4n) is 3.10. The minimum Gasteiger partial charge on any atom is -0.296 e. The molecule has 0 spiro atoms. The molecule has 0 radical (unpaired) electrons. The van der Waals surface area contributed by atoms with E-state index in [2.05, 4.69) is 29.6 Å². The summed E-state index contributed by atoms with van der Waals surface area (Å²) >= 11 is 0. The molecule has 2 aromatic rings. The summed E-state index contributed by atoms with van der Waals surface area (Å²) in [7, 11) is 0. The topological polar surface area (TPSA) is 46.2 Å². The molecule has 0 aliphatic carbocycles. The smallest absolute Gasteiger partial charge is 0.226 e. The van der Waals surface area contributed by atoms with Gasteiger partial charge in [-0.3, -0.25) is 14.9 Å². The van der Waals surface area contributed by atoms with Crippen molar-refractivity contribution in [1.82, 2.24) is 5.32 Å². The molecule has 0 atom stereocenters. The first-order valence-electron chi connectivity index (χ1n) is 7.16. The molecule has 3 rings (SSSR count). The van der Waals surface area contributed by atoms with Crippen molar-refractivity contribution < 1.29 is 9.59 Å². The predicted molar refractivity (Wildman–Crippen MR) is 80.6 cm³/mol. The van der Waals surface area contributed by atoms with E-state index in [1.807, 2.05) is 36.4 Å². The van der Waals surface area contributed by atoms with Crippen molar-refractivity contribution in [3.63, 3.8) is 0 Å². The summed E-state index contributed by atoms with van der Waals surface area (Å²) < 4.78 is 0. The first-order valence-corrected chi connectivity index (χ1v) is 7.16. The van der Waals surface area contributed by atoms with Gasteiger partial charge in [0.25, 0.3) is 0 Å². The molecule has 2 aromatic carbocycles. The van der Waals surface area contributed by atoms with Crippen molar-refractivity contribution in [3.05, 3.63) is 71.8 Å². The number of imide groups is 1. The molecular weight excluding hydrogens is 262 g/mol. The molecule has 3 heteroatoms. The van der Waals surface area contributed by atoms with E-state index in [0.29, 0.717) is 12.8 Å². The Kier molecular flexibility index (Phi) is 3.82. The third-order valence-electron chi connectivity index (χ3n) is 3.96. The van der Waals surface area contributed by atoms with Crippen LogP contribution in [0.5, 0.6) is 0 Å². The van der Waals surface area contributed by atoms with Crippen LogP contribution in [-0.4, -0.2) is 11.8 Å². The summed E-state index contributed by atoms with van der Waals surface area (Å²) in [6.07, 6.45) is 0.778. The molecule has 1 heterocycles. The van der Waals surface area contributed by atoms with E-state index in [4.69, 9.17) is 0 Å². The molecule has 2 amide bonds. The molecule has 0 saturated carbocycles. The highest BCUT2D eigenvalue weighted by Crippen LogP contribution is 2.37. The maximum Gasteiger partial charge on any atom is 0.226 e. The van der Waals surface area contributed by atoms with Crippen LogP contribution in [-0.2, 0) is 9.59 Å². The van der Waals surface area contributed by atoms with Crippen molar-refractivity contribution in [1.29, 1.82) is 0 Å². The maximum atomic E-state index is 11.7. The van der Waals surface area contributed by atoms with Crippen LogP contribution in [0.1, 0.15) is 29.9 Å². The number of carbonyl (C=O) groups is 2. The first kappa shape index (κ1) is 13.6. The van der Waals surface area contributed by atoms with Crippen molar-refractivity contribution in [3.8, 4) is 0 Å². The van der Waals surface area contributed by atoms with Gasteiger partial charge < -0.3 is 0 Å². The molecule has 0 aromatic heterocycles. The molecule has 1 fully saturated rings. The Hall–Kier alpha value is -2.42. The highest BCUT2D eigenvalue weighted by atomic mass is 16.2. The van der Waals surface area contributed by atoms with Crippen LogP contribution in [0.4, 0.5) is 0 Å². The van der Waals surface area contributed by atoms with Crippen LogP contribution in [0.2, 0.25) is 0 Å². The van der Waals surface area contributed by atoms with E-state index in [1.54, 1.807) is 0 Å². The Labute approximate surface area is 124 Å². The molecule has 1 N–H and O–H groups in total. The zero-order chi connectivity index (χ0) is 14.7. The number of nitrogens with one attached hydrogen (secondary N) is 1. The fraction of sp³-hybridized carbons (Fsp3) is 0.222. The van der Waals surface area contributed by atoms with Gasteiger partial charge in [-0.15, -0.1) is 0 Å². The molecule has 106 valence electrons. The molecular formula is C18H17NO2. The van der Waals surface area contributed by atoms with Crippen molar-refractivity contribution in [2.24, 2.45) is 5.92 Å². The number of hydrogen-bond donors (Lipinski definition) is 1. The molecule has 1 aliphatic heterocycles. The van der Waals surface area contributed by atoms with E-state index >= 15 is 0 Å². The quantitative estimate of drug-likeness (QED) is 0.878. The summed E-state index contributed by atoms with van der Waals surface area (Å²) in [6, 6.07) is 20.2. The minimum atomic E-state index is -0.173. The van der Waals surface area contributed by atoms with Crippen LogP contribution in [0, 0.1) is 5.92 Å². The van der Waals surface area contributed by atoms with E-state index in [9.17, 15) is 9.59 Å². The normalized spacial score (nSPS) is 16.0. The summed E-state index contributed by atoms with van der Waals surface area (Å²) in [5.74, 6) is -0.264. The summed E-state index contributed by atoms with van der Waals surface area (Å²) in [6.45, 7) is 0. The van der Waals surface area contributed by atoms with Gasteiger partial charge in [0.2, 0.25) is 11.8 Å². The number of carbonyl (C=O) groups excluding carboxylic acids is 2. The predicted octanol–water partition coefficient (Wildman–Crippen LogP) is 2.87. The number of amides is 2. The standard InChI is InChI=1S/C18H17NO2/c20-16-11-15(12-17(21)19-16)18(13-7-3-1-4-8-13)14-9-5-2-6-10-14/h1-10,15,18H,11-12H2,(H,19,20,21). The number of hydrogen-bond acceptors (Lipinski definition) is 2. The maximum absolute atomic E-state index is 11.7. The van der Waals surface area contributed by atoms with Crippen LogP contribution < -0.4 is 5.32 Å². The van der Waals surface area contributed by atoms with Crippen molar-refractivity contribution in [2.75, 3.05) is 0 Å². The van der Waals surface area contributed by atoms with Gasteiger partial charge in [-0.1, -0.05) is 60.7 Å². The molecule has 0 bridgehead atoms. The van der Waals surface area contributed by atoms with Gasteiger partial charge in [0.05, 0.1) is 0 Å². The lowest BCUT2D eigenvalue weighted by atomic mass is 9.76. The monoisotopic (exact) mass is 279 g/mol. The first-order chi connectivity index (χ1) is 10.2. The summed E-state index contributed by atoms with van der Waals surface area (Å²) in [5.41, 5.74) is 2.30. The second-order valence-corrected chi connectivity index (χ2v) is 5.44. The van der Waals surface area contributed by atoms with E-state index < -0.39 is 0 Å². The van der Waals surface area contributed by atoms with Gasteiger partial charge in [0.15, 0.2) is 0 Å². The van der Waals surface area contributed by atoms with Gasteiger partial charge in [0.1, 0.15) is 0 Å². The highest BCUT2D eigenvalue weighted by molar-refractivity contribution is 5.97. The molecule has 3 nitrogen and oxygen atoms in total. The Balaban J connectivity index is 2.00. The number of benzene rings is 2. The van der Waals surface area contributed by atoms with Crippen molar-refractivity contribution in [2.45, 2.75) is 18.8 Å². The zero-order valence-corrected chi connectivity index (χ0v) is 11.7. The molecule has 0 unspecified atom stereocenters. The Bertz CT molecular complexity index is 581. The molecule has 1 saturated heterocycles. The van der Waals surface area contributed by atoms with Gasteiger partial charge in [-0.05, 0) is 17.0 Å². The number of piperidine rings is 1. The van der Waals surface area contributed by atoms with Crippen molar-refractivity contribution >= 4 is 11.8 Å². The minimum absolute atomic E-state index is 0.0102. The van der Waals surface area contributed by atoms with Crippen LogP contribution in [0.25, 0.3) is 0 Å². The van der Waals surface area contributed by atoms with Gasteiger partial charge in [-0.25, -0.2) is 0 Å². The Morgan fingerprint density at radius 3 is 1.62 bits per heavy atom. The zero-order valence-electron chi connectivity index (χ0n) is 11.7. The van der Waals surface area contributed by atoms with Gasteiger partial charge >= 0.3 is 0 Å². The molecule has 1 aliphatic rings. The second-order valence-electron chi connectivity index (χ2n) is 5.44. The SMILES string of the molecule is O=C1CC(C(c2ccccc2)c2ccccc2)CC(=O)N1. The Morgan fingerprint density at radius 1 is 0.762 bits per heavy atom. The summed E-state index contributed by atoms with van der Waals surface area (Å²) in [5, 5.41) is 2.39. The third-order valence-corrected chi connectivity index (χ3v) is 3.96. The lowest BCUT2D eigenvalue weighted by Gasteiger charge is -2.30. The Morgan fingerprint density at radius 2 is 1.19 bits per heavy atom. The second kappa shape index (κ2) is 5.92. The largest absolute Gasteiger partial charge is 0.296 e. The average Bonchev–Trinajstić information content (AvgIpc) is 2.49. The molecule has 21 heavy (non-hydrogen) atoms. The highest BCUT2D eigenvalue weighted by Gasteiger charge is 2.32. The van der Waals surface area contributed by atoms with Gasteiger partial charge in [0, 0.05) is 18.8 Å². The van der Waals surface area contributed by atoms with Gasteiger partial charge in [-0.2, -0.15) is 0 Å². The van der Waals surface area contributed by atoms with E-state index in [0.717, 1.165) is 11.1 Å². The lowest BCUT2D eigenvalue weighted by molar-refractivity contribution is -0.135.